The Bertz CT molecular complexity index is 1330. The molecule has 1 aromatic heterocycles. The summed E-state index contributed by atoms with van der Waals surface area (Å²) in [6.07, 6.45) is -2.20. The van der Waals surface area contributed by atoms with Crippen LogP contribution in [-0.2, 0) is 11.0 Å². The molecule has 0 radical (unpaired) electrons. The highest BCUT2D eigenvalue weighted by Gasteiger charge is 2.49. The first kappa shape index (κ1) is 29.5. The number of benzene rings is 1. The number of aryl methyl sites for hydroxylation is 1. The zero-order chi connectivity index (χ0) is 29.2. The minimum Gasteiger partial charge on any atom is -0.361 e. The van der Waals surface area contributed by atoms with Crippen LogP contribution >= 0.6 is 12.2 Å². The Morgan fingerprint density at radius 3 is 2.40 bits per heavy atom. The van der Waals surface area contributed by atoms with E-state index in [0.717, 1.165) is 55.9 Å². The minimum atomic E-state index is -4.74. The highest BCUT2D eigenvalue weighted by atomic mass is 32.1. The average Bonchev–Trinajstić information content (AvgIpc) is 3.42. The Balaban J connectivity index is 1.27. The van der Waals surface area contributed by atoms with E-state index in [1.165, 1.54) is 6.07 Å². The number of hydrogen-bond donors (Lipinski definition) is 0. The number of anilines is 1. The third kappa shape index (κ3) is 5.97. The molecule has 0 atom stereocenters. The second kappa shape index (κ2) is 11.5. The Morgan fingerprint density at radius 2 is 1.80 bits per heavy atom. The fraction of sp³-hybridized carbons (Fsp3) is 0.519. The molecule has 4 rings (SSSR count). The molecule has 2 fully saturated rings. The molecular weight excluding hydrogens is 545 g/mol. The molecule has 2 aliphatic heterocycles. The summed E-state index contributed by atoms with van der Waals surface area (Å²) in [7, 11) is 0. The maximum Gasteiger partial charge on any atom is 0.417 e. The molecule has 0 unspecified atom stereocenters. The van der Waals surface area contributed by atoms with Gasteiger partial charge in [0, 0.05) is 38.8 Å². The quantitative estimate of drug-likeness (QED) is 0.341. The molecule has 2 aromatic rings. The van der Waals surface area contributed by atoms with Gasteiger partial charge in [0.25, 0.3) is 11.8 Å². The van der Waals surface area contributed by atoms with Crippen molar-refractivity contribution in [3.05, 3.63) is 46.8 Å². The van der Waals surface area contributed by atoms with Gasteiger partial charge in [-0.15, -0.1) is 0 Å². The molecule has 0 N–H and O–H groups in total. The molecular formula is C27H31F3N6O3S. The zero-order valence-electron chi connectivity index (χ0n) is 22.6. The Labute approximate surface area is 236 Å². The summed E-state index contributed by atoms with van der Waals surface area (Å²) in [5.74, 6) is 0.0606. The van der Waals surface area contributed by atoms with E-state index in [0.29, 0.717) is 31.1 Å². The van der Waals surface area contributed by atoms with E-state index in [2.05, 4.69) is 10.1 Å². The van der Waals surface area contributed by atoms with Gasteiger partial charge in [-0.05, 0) is 70.6 Å². The van der Waals surface area contributed by atoms with Crippen LogP contribution in [0.25, 0.3) is 0 Å². The van der Waals surface area contributed by atoms with E-state index < -0.39 is 28.7 Å². The standard InChI is InChI=1S/C27H31F3N6O3S/c1-18-15-22(32-39-18)23(37)34-13-11-33(12-14-34)9-5-4-6-10-35-25(40)36(24(38)26(35,2)3)20-8-7-19(17-31)21(16-20)27(28,29)30/h7-8,15-16H,4-6,9-14H2,1-3H3. The van der Waals surface area contributed by atoms with Crippen molar-refractivity contribution in [2.45, 2.75) is 51.7 Å². The molecule has 9 nitrogen and oxygen atoms in total. The predicted molar refractivity (Wildman–Crippen MR) is 144 cm³/mol. The van der Waals surface area contributed by atoms with Crippen molar-refractivity contribution >= 4 is 34.8 Å². The van der Waals surface area contributed by atoms with Gasteiger partial charge in [-0.3, -0.25) is 19.4 Å². The van der Waals surface area contributed by atoms with Crippen LogP contribution < -0.4 is 4.90 Å². The Kier molecular flexibility index (Phi) is 8.51. The number of hydrogen-bond acceptors (Lipinski definition) is 7. The second-order valence-electron chi connectivity index (χ2n) is 10.5. The van der Waals surface area contributed by atoms with E-state index in [4.69, 9.17) is 22.0 Å². The van der Waals surface area contributed by atoms with Gasteiger partial charge in [0.15, 0.2) is 10.8 Å². The van der Waals surface area contributed by atoms with Crippen LogP contribution in [0.5, 0.6) is 0 Å². The zero-order valence-corrected chi connectivity index (χ0v) is 23.4. The molecule has 13 heteroatoms. The number of thiocarbonyl (C=S) groups is 1. The summed E-state index contributed by atoms with van der Waals surface area (Å²) in [5.41, 5.74) is -2.31. The fourth-order valence-electron chi connectivity index (χ4n) is 5.03. The first-order chi connectivity index (χ1) is 18.8. The summed E-state index contributed by atoms with van der Waals surface area (Å²) < 4.78 is 45.5. The number of halogens is 3. The largest absolute Gasteiger partial charge is 0.417 e. The van der Waals surface area contributed by atoms with Crippen LogP contribution in [0.4, 0.5) is 18.9 Å². The van der Waals surface area contributed by atoms with Gasteiger partial charge in [-0.25, -0.2) is 0 Å². The Morgan fingerprint density at radius 1 is 1.12 bits per heavy atom. The molecule has 2 amide bonds. The number of alkyl halides is 3. The van der Waals surface area contributed by atoms with Crippen molar-refractivity contribution < 1.29 is 27.3 Å². The number of nitriles is 1. The molecule has 2 saturated heterocycles. The van der Waals surface area contributed by atoms with Crippen LogP contribution in [0.3, 0.4) is 0 Å². The maximum absolute atomic E-state index is 13.5. The molecule has 0 aliphatic carbocycles. The van der Waals surface area contributed by atoms with Crippen LogP contribution in [0.2, 0.25) is 0 Å². The van der Waals surface area contributed by atoms with Crippen molar-refractivity contribution in [1.82, 2.24) is 19.9 Å². The van der Waals surface area contributed by atoms with Gasteiger partial charge >= 0.3 is 6.18 Å². The number of carbonyl (C=O) groups is 2. The van der Waals surface area contributed by atoms with Crippen molar-refractivity contribution in [1.29, 1.82) is 5.26 Å². The third-order valence-electron chi connectivity index (χ3n) is 7.37. The number of nitrogens with zero attached hydrogens (tertiary/aromatic N) is 6. The molecule has 0 bridgehead atoms. The number of aromatic nitrogens is 1. The highest BCUT2D eigenvalue weighted by Crippen LogP contribution is 2.38. The van der Waals surface area contributed by atoms with Gasteiger partial charge in [0.05, 0.1) is 22.9 Å². The summed E-state index contributed by atoms with van der Waals surface area (Å²) >= 11 is 5.55. The van der Waals surface area contributed by atoms with Crippen LogP contribution in [-0.4, -0.2) is 81.6 Å². The monoisotopic (exact) mass is 576 g/mol. The van der Waals surface area contributed by atoms with Gasteiger partial charge < -0.3 is 14.3 Å². The van der Waals surface area contributed by atoms with Crippen molar-refractivity contribution in [3.8, 4) is 6.07 Å². The van der Waals surface area contributed by atoms with Crippen molar-refractivity contribution in [3.63, 3.8) is 0 Å². The van der Waals surface area contributed by atoms with Crippen LogP contribution in [0.1, 0.15) is 60.5 Å². The van der Waals surface area contributed by atoms with Gasteiger partial charge in [0.2, 0.25) is 0 Å². The lowest BCUT2D eigenvalue weighted by molar-refractivity contribution is -0.137. The number of rotatable bonds is 8. The number of amides is 2. The lowest BCUT2D eigenvalue weighted by Gasteiger charge is -2.34. The van der Waals surface area contributed by atoms with Gasteiger partial charge in [-0.1, -0.05) is 11.6 Å². The molecule has 2 aliphatic rings. The maximum atomic E-state index is 13.5. The van der Waals surface area contributed by atoms with Gasteiger partial charge in [-0.2, -0.15) is 18.4 Å². The van der Waals surface area contributed by atoms with Crippen molar-refractivity contribution in [2.75, 3.05) is 44.2 Å². The van der Waals surface area contributed by atoms with Crippen molar-refractivity contribution in [2.24, 2.45) is 0 Å². The lowest BCUT2D eigenvalue weighted by atomic mass is 10.0. The smallest absolute Gasteiger partial charge is 0.361 e. The topological polar surface area (TPSA) is 96.9 Å². The number of unbranched alkanes of at least 4 members (excludes halogenated alkanes) is 2. The Hall–Kier alpha value is -3.50. The average molecular weight is 577 g/mol. The molecule has 0 spiro atoms. The summed E-state index contributed by atoms with van der Waals surface area (Å²) in [5, 5.41) is 13.0. The number of piperazine rings is 1. The highest BCUT2D eigenvalue weighted by molar-refractivity contribution is 7.80. The predicted octanol–water partition coefficient (Wildman–Crippen LogP) is 4.21. The normalized spacial score (nSPS) is 18.0. The van der Waals surface area contributed by atoms with E-state index >= 15 is 0 Å². The lowest BCUT2D eigenvalue weighted by Crippen LogP contribution is -2.49. The van der Waals surface area contributed by atoms with E-state index in [-0.39, 0.29) is 16.7 Å². The molecule has 0 saturated carbocycles. The SMILES string of the molecule is Cc1cc(C(=O)N2CCN(CCCCCN3C(=S)N(c4ccc(C#N)c(C(F)(F)F)c4)C(=O)C3(C)C)CC2)no1. The molecule has 40 heavy (non-hydrogen) atoms. The van der Waals surface area contributed by atoms with Gasteiger partial charge in [0.1, 0.15) is 11.3 Å². The first-order valence-corrected chi connectivity index (χ1v) is 13.5. The summed E-state index contributed by atoms with van der Waals surface area (Å²) in [6, 6.07) is 6.38. The summed E-state index contributed by atoms with van der Waals surface area (Å²) in [6.45, 7) is 9.27. The van der Waals surface area contributed by atoms with Crippen LogP contribution in [0.15, 0.2) is 28.8 Å². The fourth-order valence-corrected chi connectivity index (χ4v) is 5.54. The number of carbonyl (C=O) groups excluding carboxylic acids is 2. The second-order valence-corrected chi connectivity index (χ2v) is 10.9. The molecule has 214 valence electrons. The van der Waals surface area contributed by atoms with Crippen LogP contribution in [0, 0.1) is 18.3 Å². The third-order valence-corrected chi connectivity index (χ3v) is 7.78. The van der Waals surface area contributed by atoms with E-state index in [1.807, 2.05) is 0 Å². The molecule has 1 aromatic carbocycles. The summed E-state index contributed by atoms with van der Waals surface area (Å²) in [4.78, 5) is 32.7. The van der Waals surface area contributed by atoms with E-state index in [1.54, 1.807) is 42.7 Å². The van der Waals surface area contributed by atoms with E-state index in [9.17, 15) is 22.8 Å². The minimum absolute atomic E-state index is 0.00629. The first-order valence-electron chi connectivity index (χ1n) is 13.1. The molecule has 3 heterocycles.